The van der Waals surface area contributed by atoms with Gasteiger partial charge in [-0.3, -0.25) is 0 Å². The number of hydrogen-bond acceptors (Lipinski definition) is 2. The molecule has 6 heteroatoms. The molecule has 0 heterocycles. The van der Waals surface area contributed by atoms with Crippen LogP contribution < -0.4 is 0 Å². The zero-order chi connectivity index (χ0) is 42.0. The average Bonchev–Trinajstić information content (AvgIpc) is 3.11. The van der Waals surface area contributed by atoms with E-state index in [1.807, 2.05) is 13.8 Å². The summed E-state index contributed by atoms with van der Waals surface area (Å²) in [4.78, 5) is 10.1. The molecular weight excluding hydrogens is 735 g/mol. The van der Waals surface area contributed by atoms with Gasteiger partial charge in [-0.2, -0.15) is 0 Å². The summed E-state index contributed by atoms with van der Waals surface area (Å²) in [6.07, 6.45) is 0. The van der Waals surface area contributed by atoms with Crippen molar-refractivity contribution in [3.8, 4) is 0 Å². The molecule has 0 saturated carbocycles. The maximum absolute atomic E-state index is 5.05. The molecule has 0 N–H and O–H groups in total. The van der Waals surface area contributed by atoms with Crippen LogP contribution in [0.5, 0.6) is 0 Å². The van der Waals surface area contributed by atoms with Crippen LogP contribution in [0.2, 0.25) is 0 Å². The normalized spacial score (nSPS) is 12.1. The van der Waals surface area contributed by atoms with Gasteiger partial charge in [0.05, 0.1) is 0 Å². The first kappa shape index (κ1) is 52.9. The van der Waals surface area contributed by atoms with E-state index in [-0.39, 0.29) is 40.4 Å². The summed E-state index contributed by atoms with van der Waals surface area (Å²) in [5, 5.41) is 10.1. The van der Waals surface area contributed by atoms with Crippen LogP contribution >= 0.6 is 0 Å². The summed E-state index contributed by atoms with van der Waals surface area (Å²) in [7, 11) is 0. The number of rotatable bonds is 12. The predicted molar refractivity (Wildman–Crippen MR) is 266 cm³/mol. The Bertz CT molecular complexity index is 1720. The fourth-order valence-corrected chi connectivity index (χ4v) is 7.26. The molecule has 0 atom stereocenters. The molecule has 58 heavy (non-hydrogen) atoms. The van der Waals surface area contributed by atoms with Crippen molar-refractivity contribution in [2.75, 3.05) is 0 Å². The molecule has 0 aliphatic carbocycles. The number of amidine groups is 2. The summed E-state index contributed by atoms with van der Waals surface area (Å²) in [6, 6.07) is 26.2. The van der Waals surface area contributed by atoms with Gasteiger partial charge in [-0.15, -0.1) is 0 Å². The van der Waals surface area contributed by atoms with Crippen LogP contribution in [0.3, 0.4) is 0 Å². The molecule has 312 valence electrons. The maximum atomic E-state index is 5.05. The Hall–Kier alpha value is -3.12. The zero-order valence-electron chi connectivity index (χ0n) is 43.5. The second kappa shape index (κ2) is 24.2. The summed E-state index contributed by atoms with van der Waals surface area (Å²) >= 11 is 0. The largest absolute Gasteiger partial charge is 3.00 e. The molecular formula is C52H78Al2N4. The third kappa shape index (κ3) is 14.0. The van der Waals surface area contributed by atoms with E-state index in [9.17, 15) is 0 Å². The van der Waals surface area contributed by atoms with E-state index in [1.54, 1.807) is 0 Å². The Kier molecular flexibility index (Phi) is 22.1. The minimum absolute atomic E-state index is 0. The fraction of sp³-hybridized carbons (Fsp3) is 0.500. The smallest absolute Gasteiger partial charge is 1.00 e. The van der Waals surface area contributed by atoms with Gasteiger partial charge in [-0.05, 0) is 128 Å². The Morgan fingerprint density at radius 1 is 0.345 bits per heavy atom. The number of nitrogens with zero attached hydrogens (tertiary/aromatic N) is 4. The predicted octanol–water partition coefficient (Wildman–Crippen LogP) is 17.6. The Labute approximate surface area is 382 Å². The zero-order valence-corrected chi connectivity index (χ0v) is 41.8. The fourth-order valence-electron chi connectivity index (χ4n) is 7.26. The number of aliphatic imine (C=N–C) groups is 2. The van der Waals surface area contributed by atoms with E-state index in [0.29, 0.717) is 47.3 Å². The second-order valence-corrected chi connectivity index (χ2v) is 17.9. The Morgan fingerprint density at radius 3 is 0.690 bits per heavy atom. The minimum Gasteiger partial charge on any atom is -1.00 e. The van der Waals surface area contributed by atoms with Crippen LogP contribution in [0.4, 0.5) is 22.7 Å². The van der Waals surface area contributed by atoms with Gasteiger partial charge in [0, 0.05) is 0 Å². The molecule has 4 aromatic carbocycles. The molecule has 0 spiro atoms. The summed E-state index contributed by atoms with van der Waals surface area (Å²) in [5.41, 5.74) is 14.7. The van der Waals surface area contributed by atoms with Crippen molar-refractivity contribution in [2.45, 2.75) is 172 Å². The van der Waals surface area contributed by atoms with E-state index in [0.717, 1.165) is 34.4 Å². The van der Waals surface area contributed by atoms with Crippen LogP contribution in [-0.2, 0) is 0 Å². The van der Waals surface area contributed by atoms with Gasteiger partial charge >= 0.3 is 34.7 Å². The van der Waals surface area contributed by atoms with E-state index in [2.05, 4.69) is 184 Å². The van der Waals surface area contributed by atoms with Gasteiger partial charge < -0.3 is 26.3 Å². The van der Waals surface area contributed by atoms with Crippen molar-refractivity contribution in [3.63, 3.8) is 0 Å². The first-order valence-electron chi connectivity index (χ1n) is 21.3. The van der Waals surface area contributed by atoms with Gasteiger partial charge in [0.1, 0.15) is 0 Å². The standard InChI is InChI=1S/2C26H37N2.2Al.4H/c2*1-16(2)21-12-10-13-22(17(3)4)25(21)27-20(9)28-26-23(18(5)6)14-11-15-24(26)19(7)8;;;;;;/h2*10-19H,1-9H3;;;;;;/q2*-1;2*+3;4*-1. The minimum atomic E-state index is 0. The molecule has 0 saturated heterocycles. The Morgan fingerprint density at radius 2 is 0.517 bits per heavy atom. The first-order valence-corrected chi connectivity index (χ1v) is 21.3. The molecule has 4 nitrogen and oxygen atoms in total. The van der Waals surface area contributed by atoms with Crippen LogP contribution in [0.1, 0.15) is 222 Å². The van der Waals surface area contributed by atoms with Gasteiger partial charge in [-0.1, -0.05) is 195 Å². The monoisotopic (exact) mass is 813 g/mol. The first-order chi connectivity index (χ1) is 26.3. The van der Waals surface area contributed by atoms with Gasteiger partial charge in [0.25, 0.3) is 0 Å². The van der Waals surface area contributed by atoms with Crippen LogP contribution in [0, 0.1) is 0 Å². The van der Waals surface area contributed by atoms with Crippen LogP contribution in [-0.4, -0.2) is 46.4 Å². The van der Waals surface area contributed by atoms with Crippen molar-refractivity contribution in [3.05, 3.63) is 128 Å². The van der Waals surface area contributed by atoms with E-state index in [4.69, 9.17) is 20.6 Å². The third-order valence-corrected chi connectivity index (χ3v) is 10.5. The van der Waals surface area contributed by atoms with Crippen LogP contribution in [0.15, 0.2) is 82.8 Å². The topological polar surface area (TPSA) is 52.9 Å². The van der Waals surface area contributed by atoms with Crippen molar-refractivity contribution in [1.29, 1.82) is 0 Å². The quantitative estimate of drug-likeness (QED) is 0.0777. The van der Waals surface area contributed by atoms with Crippen molar-refractivity contribution in [1.82, 2.24) is 0 Å². The van der Waals surface area contributed by atoms with Crippen molar-refractivity contribution in [2.24, 2.45) is 9.98 Å². The van der Waals surface area contributed by atoms with E-state index < -0.39 is 0 Å². The molecule has 0 fully saturated rings. The molecule has 4 aromatic rings. The van der Waals surface area contributed by atoms with Gasteiger partial charge in [0.15, 0.2) is 0 Å². The number of hydrogen-bond donors (Lipinski definition) is 0. The van der Waals surface area contributed by atoms with Crippen molar-refractivity contribution >= 4 is 69.1 Å². The number of para-hydroxylation sites is 4. The van der Waals surface area contributed by atoms with E-state index in [1.165, 1.54) is 44.5 Å². The molecule has 0 aromatic heterocycles. The summed E-state index contributed by atoms with van der Waals surface area (Å²) < 4.78 is 0. The van der Waals surface area contributed by atoms with Crippen molar-refractivity contribution < 1.29 is 5.71 Å². The molecule has 0 unspecified atom stereocenters. The van der Waals surface area contributed by atoms with Gasteiger partial charge in [0.2, 0.25) is 0 Å². The summed E-state index contributed by atoms with van der Waals surface area (Å²) in [6.45, 7) is 39.8. The molecule has 0 aliphatic rings. The molecule has 0 aliphatic heterocycles. The van der Waals surface area contributed by atoms with Gasteiger partial charge in [-0.25, -0.2) is 0 Å². The SMILES string of the molecule is CC(=Nc1c(C(C)C)cccc1C(C)C)[N-]c1c(C(C)C)cccc1C(C)C.CC(=Nc1c(C(C)C)cccc1C(C)C)[N-]c1c(C(C)C)cccc1C(C)C.[Al+3].[Al+3].[H-].[H-].[H-].[H-]. The summed E-state index contributed by atoms with van der Waals surface area (Å²) in [5.74, 6) is 5.09. The van der Waals surface area contributed by atoms with Crippen LogP contribution in [0.25, 0.3) is 10.6 Å². The maximum Gasteiger partial charge on any atom is 3.00 e. The molecule has 0 amide bonds. The molecule has 0 bridgehead atoms. The average molecular weight is 813 g/mol. The molecule has 0 radical (unpaired) electrons. The number of benzene rings is 4. The Balaban J connectivity index is -0.000000495. The third-order valence-electron chi connectivity index (χ3n) is 10.5. The second-order valence-electron chi connectivity index (χ2n) is 17.9. The molecule has 4 rings (SSSR count). The van der Waals surface area contributed by atoms with E-state index >= 15 is 0 Å².